The Labute approximate surface area is 105 Å². The Morgan fingerprint density at radius 3 is 0.381 bits per heavy atom. The van der Waals surface area contributed by atoms with Gasteiger partial charge in [-0.25, -0.2) is 0 Å². The van der Waals surface area contributed by atoms with Crippen LogP contribution in [0.15, 0.2) is 0 Å². The van der Waals surface area contributed by atoms with Crippen LogP contribution in [0.4, 0.5) is 0 Å². The molecule has 0 bridgehead atoms. The van der Waals surface area contributed by atoms with Crippen molar-refractivity contribution in [2.45, 2.75) is 0 Å². The fourth-order valence-corrected chi connectivity index (χ4v) is 5.23. The van der Waals surface area contributed by atoms with E-state index in [4.69, 9.17) is 0 Å². The van der Waals surface area contributed by atoms with E-state index >= 15 is 0 Å². The molecule has 0 aromatic carbocycles. The van der Waals surface area contributed by atoms with Crippen molar-refractivity contribution in [1.82, 2.24) is 0 Å². The van der Waals surface area contributed by atoms with Gasteiger partial charge in [-0.15, -0.1) is 0 Å². The summed E-state index contributed by atoms with van der Waals surface area (Å²) in [4.78, 5) is 102. The Hall–Kier alpha value is -2.68. The van der Waals surface area contributed by atoms with Gasteiger partial charge in [-0.3, -0.25) is 0 Å². The van der Waals surface area contributed by atoms with Gasteiger partial charge in [0.1, 0.15) is 0 Å². The van der Waals surface area contributed by atoms with Gasteiger partial charge in [-0.1, -0.05) is 0 Å². The van der Waals surface area contributed by atoms with Crippen molar-refractivity contribution in [3.8, 4) is 0 Å². The van der Waals surface area contributed by atoms with Gasteiger partial charge in [0.05, 0.1) is 0 Å². The van der Waals surface area contributed by atoms with Crippen LogP contribution in [-0.2, 0) is 55.7 Å². The first-order valence-corrected chi connectivity index (χ1v) is 14.4. The van der Waals surface area contributed by atoms with Crippen LogP contribution in [0.5, 0.6) is 0 Å². The summed E-state index contributed by atoms with van der Waals surface area (Å²) in [6.07, 6.45) is 0. The van der Waals surface area contributed by atoms with Gasteiger partial charge in [0.2, 0.25) is 0 Å². The Bertz CT molecular complexity index is 593. The average molecular weight is 391 g/mol. The van der Waals surface area contributed by atoms with Crippen LogP contribution >= 0.6 is 0 Å². The van der Waals surface area contributed by atoms with E-state index in [0.29, 0.717) is 0 Å². The molecule has 0 saturated heterocycles. The first-order chi connectivity index (χ1) is 9.31. The van der Waals surface area contributed by atoms with E-state index < -0.39 is 56.5 Å². The predicted molar refractivity (Wildman–Crippen MR) is 67.5 cm³/mol. The van der Waals surface area contributed by atoms with Crippen LogP contribution in [0, 0.1) is 0 Å². The third kappa shape index (κ3) is 0.533. The van der Waals surface area contributed by atoms with E-state index in [9.17, 15) is 47.9 Å². The average Bonchev–Trinajstić information content (AvgIpc) is 2.65. The molecule has 0 spiro atoms. The van der Waals surface area contributed by atoms with E-state index in [-0.39, 0.29) is 0 Å². The molecule has 0 rings (SSSR count). The molecule has 0 fully saturated rings. The molecule has 0 aliphatic heterocycles. The Balaban J connectivity index is 10.5. The van der Waals surface area contributed by atoms with Crippen molar-refractivity contribution in [1.29, 1.82) is 0 Å². The van der Waals surface area contributed by atoms with Crippen molar-refractivity contribution >= 4 is 48.8 Å². The van der Waals surface area contributed by atoms with Crippen LogP contribution in [0.1, 0.15) is 0 Å². The minimum atomic E-state index is -11.7. The maximum absolute atomic E-state index is 11.8. The second kappa shape index (κ2) is 1.69. The van der Waals surface area contributed by atoms with Crippen LogP contribution < -0.4 is 0 Å². The van der Waals surface area contributed by atoms with Crippen LogP contribution in [0.25, 0.3) is 0 Å². The zero-order valence-electron chi connectivity index (χ0n) is 10.2. The zero-order chi connectivity index (χ0) is 17.4. The van der Waals surface area contributed by atoms with Crippen LogP contribution in [-0.4, -0.2) is 48.8 Å². The van der Waals surface area contributed by atoms with Crippen molar-refractivity contribution in [3.63, 3.8) is 0 Å². The number of carbonyl (C=O) groups excluding carboxylic acids is 10. The maximum atomic E-state index is 11.8. The van der Waals surface area contributed by atoms with E-state index in [2.05, 4.69) is 0 Å². The summed E-state index contributed by atoms with van der Waals surface area (Å²) in [5.41, 5.74) is 0. The van der Waals surface area contributed by atoms with Crippen LogP contribution in [0.2, 0.25) is 0 Å². The fraction of sp³-hybridized carbons (Fsp3) is 0. The standard InChI is InChI=1S/10CHO.Ru/c10*1-2;/h10*1H;. The Morgan fingerprint density at radius 2 is 0.381 bits per heavy atom. The van der Waals surface area contributed by atoms with Gasteiger partial charge in [-0.05, 0) is 0 Å². The summed E-state index contributed by atoms with van der Waals surface area (Å²) in [7, 11) is -11.7. The first-order valence-electron chi connectivity index (χ1n) is 4.40. The summed E-state index contributed by atoms with van der Waals surface area (Å²) in [5, 5.41) is 0. The molecule has 10 nitrogen and oxygen atoms in total. The predicted octanol–water partition coefficient (Wildman–Crippen LogP) is -2.74. The van der Waals surface area contributed by atoms with Gasteiger partial charge >= 0.3 is 104 Å². The molecule has 0 atom stereocenters. The SMILES string of the molecule is O=[CH][Ru]([CH]=O)([CH]=O)([CH]=O)([CH]=O)([CH]=O)([CH]=O)([CH]=O)([CH]=O)[CH]=O. The third-order valence-corrected chi connectivity index (χ3v) is 25.6. The van der Waals surface area contributed by atoms with Crippen molar-refractivity contribution in [3.05, 3.63) is 0 Å². The number of carbonyl (C=O) groups is 10. The van der Waals surface area contributed by atoms with Gasteiger partial charge in [-0.2, -0.15) is 0 Å². The Morgan fingerprint density at radius 1 is 0.286 bits per heavy atom. The fourth-order valence-electron chi connectivity index (χ4n) is 0.884. The molecule has 0 unspecified atom stereocenters. The summed E-state index contributed by atoms with van der Waals surface area (Å²) in [6, 6.07) is 0. The summed E-state index contributed by atoms with van der Waals surface area (Å²) in [5.74, 6) is 0. The summed E-state index contributed by atoms with van der Waals surface area (Å²) < 4.78 is 0. The molecule has 0 aromatic heterocycles. The van der Waals surface area contributed by atoms with Crippen LogP contribution in [0.3, 0.4) is 0 Å². The monoisotopic (exact) mass is 392 g/mol. The first kappa shape index (κ1) is 18.3. The molecule has 0 aromatic rings. The normalized spacial score (nSPS) is 23.8. The van der Waals surface area contributed by atoms with E-state index in [0.717, 1.165) is 0 Å². The molecule has 0 aliphatic carbocycles. The summed E-state index contributed by atoms with van der Waals surface area (Å²) >= 11 is 0. The van der Waals surface area contributed by atoms with Crippen molar-refractivity contribution < 1.29 is 55.7 Å². The molecule has 0 saturated carbocycles. The quantitative estimate of drug-likeness (QED) is 0.281. The van der Waals surface area contributed by atoms with Gasteiger partial charge in [0.25, 0.3) is 0 Å². The Kier molecular flexibility index (Phi) is 1.47. The number of hydrogen-bond acceptors (Lipinski definition) is 10. The van der Waals surface area contributed by atoms with E-state index in [1.54, 1.807) is 0 Å². The molecule has 0 aliphatic rings. The number of rotatable bonds is 10. The van der Waals surface area contributed by atoms with E-state index in [1.165, 1.54) is 0 Å². The zero-order valence-corrected chi connectivity index (χ0v) is 11.9. The molecule has 21 heavy (non-hydrogen) atoms. The minimum absolute atomic E-state index is 1.62. The molecule has 0 heterocycles. The van der Waals surface area contributed by atoms with Crippen molar-refractivity contribution in [2.75, 3.05) is 0 Å². The van der Waals surface area contributed by atoms with Crippen molar-refractivity contribution in [2.24, 2.45) is 0 Å². The number of hydrogen-bond donors (Lipinski definition) is 0. The van der Waals surface area contributed by atoms with E-state index in [1.807, 2.05) is 0 Å². The topological polar surface area (TPSA) is 171 Å². The van der Waals surface area contributed by atoms with Gasteiger partial charge < -0.3 is 0 Å². The second-order valence-corrected chi connectivity index (χ2v) is 36.3. The molecule has 0 N–H and O–H groups in total. The summed E-state index contributed by atoms with van der Waals surface area (Å²) in [6.45, 7) is 0. The third-order valence-electron chi connectivity index (χ3n) is 4.33. The van der Waals surface area contributed by atoms with Gasteiger partial charge in [0.15, 0.2) is 0 Å². The molecular weight excluding hydrogens is 381 g/mol. The second-order valence-electron chi connectivity index (χ2n) is 6.14. The molecule has 11 heteroatoms. The van der Waals surface area contributed by atoms with Gasteiger partial charge in [0, 0.05) is 0 Å². The molecular formula is C10H10O10Ru. The molecule has 0 radical (unpaired) electrons. The molecule has 0 amide bonds. The molecule has 118 valence electrons.